The monoisotopic (exact) mass is 285 g/mol. The molecular weight excluding hydrogens is 265 g/mol. The highest BCUT2D eigenvalue weighted by atomic mass is 35.5. The van der Waals surface area contributed by atoms with Crippen molar-refractivity contribution in [2.45, 2.75) is 32.3 Å². The summed E-state index contributed by atoms with van der Waals surface area (Å²) < 4.78 is 18.9. The van der Waals surface area contributed by atoms with E-state index in [1.54, 1.807) is 12.1 Å². The lowest BCUT2D eigenvalue weighted by atomic mass is 10.1. The molecule has 0 bridgehead atoms. The zero-order chi connectivity index (χ0) is 13.7. The van der Waals surface area contributed by atoms with Crippen LogP contribution >= 0.6 is 11.6 Å². The summed E-state index contributed by atoms with van der Waals surface area (Å²) in [6.07, 6.45) is 3.74. The molecule has 1 saturated heterocycles. The number of halogens is 2. The molecule has 1 heterocycles. The summed E-state index contributed by atoms with van der Waals surface area (Å²) in [6.45, 7) is 5.90. The van der Waals surface area contributed by atoms with Gasteiger partial charge in [0.15, 0.2) is 0 Å². The summed E-state index contributed by atoms with van der Waals surface area (Å²) in [5, 5.41) is 0.171. The van der Waals surface area contributed by atoms with Crippen LogP contribution in [0.4, 0.5) is 4.39 Å². The van der Waals surface area contributed by atoms with Gasteiger partial charge in [-0.25, -0.2) is 4.39 Å². The summed E-state index contributed by atoms with van der Waals surface area (Å²) in [6, 6.07) is 4.86. The van der Waals surface area contributed by atoms with Gasteiger partial charge in [0.1, 0.15) is 5.82 Å². The molecule has 1 aromatic carbocycles. The number of hydrogen-bond acceptors (Lipinski definition) is 2. The predicted molar refractivity (Wildman–Crippen MR) is 76.1 cm³/mol. The van der Waals surface area contributed by atoms with Crippen LogP contribution < -0.4 is 0 Å². The maximum Gasteiger partial charge on any atom is 0.141 e. The number of hydrogen-bond donors (Lipinski definition) is 0. The Hall–Kier alpha value is -0.640. The molecule has 106 valence electrons. The molecule has 0 amide bonds. The number of nitrogens with zero attached hydrogens (tertiary/aromatic N) is 1. The highest BCUT2D eigenvalue weighted by Crippen LogP contribution is 2.26. The zero-order valence-electron chi connectivity index (χ0n) is 11.4. The number of benzene rings is 1. The van der Waals surface area contributed by atoms with Crippen molar-refractivity contribution >= 4 is 11.6 Å². The first kappa shape index (κ1) is 14.8. The van der Waals surface area contributed by atoms with Crippen LogP contribution in [0.15, 0.2) is 18.2 Å². The fourth-order valence-corrected chi connectivity index (χ4v) is 2.59. The quantitative estimate of drug-likeness (QED) is 0.757. The first-order valence-electron chi connectivity index (χ1n) is 6.99. The minimum Gasteiger partial charge on any atom is -0.371 e. The number of unbranched alkanes of at least 4 members (excludes halogenated alkanes) is 2. The van der Waals surface area contributed by atoms with Crippen molar-refractivity contribution in [1.29, 1.82) is 0 Å². The largest absolute Gasteiger partial charge is 0.371 e. The molecule has 1 aliphatic rings. The van der Waals surface area contributed by atoms with Gasteiger partial charge in [-0.05, 0) is 30.7 Å². The average Bonchev–Trinajstić information content (AvgIpc) is 2.43. The Morgan fingerprint density at radius 3 is 3.00 bits per heavy atom. The summed E-state index contributed by atoms with van der Waals surface area (Å²) >= 11 is 5.83. The van der Waals surface area contributed by atoms with E-state index in [0.717, 1.165) is 31.8 Å². The number of morpholine rings is 1. The molecule has 2 nitrogen and oxygen atoms in total. The zero-order valence-corrected chi connectivity index (χ0v) is 12.1. The van der Waals surface area contributed by atoms with Gasteiger partial charge in [0.25, 0.3) is 0 Å². The van der Waals surface area contributed by atoms with E-state index in [1.807, 2.05) is 0 Å². The van der Waals surface area contributed by atoms with Crippen molar-refractivity contribution in [3.8, 4) is 0 Å². The maximum absolute atomic E-state index is 13.2. The molecule has 0 spiro atoms. The lowest BCUT2D eigenvalue weighted by Crippen LogP contribution is -2.38. The molecule has 1 atom stereocenters. The Morgan fingerprint density at radius 1 is 1.42 bits per heavy atom. The summed E-state index contributed by atoms with van der Waals surface area (Å²) in [5.74, 6) is -0.374. The number of ether oxygens (including phenoxy) is 1. The fraction of sp³-hybridized carbons (Fsp3) is 0.600. The number of rotatable bonds is 5. The predicted octanol–water partition coefficient (Wildman–Crippen LogP) is 4.04. The van der Waals surface area contributed by atoms with Crippen molar-refractivity contribution < 1.29 is 9.13 Å². The van der Waals surface area contributed by atoms with E-state index in [2.05, 4.69) is 11.8 Å². The molecule has 0 radical (unpaired) electrons. The normalized spacial score (nSPS) is 20.7. The van der Waals surface area contributed by atoms with Gasteiger partial charge in [-0.1, -0.05) is 37.4 Å². The van der Waals surface area contributed by atoms with Gasteiger partial charge in [-0.2, -0.15) is 0 Å². The van der Waals surface area contributed by atoms with Crippen LogP contribution in [0.25, 0.3) is 0 Å². The van der Waals surface area contributed by atoms with E-state index in [1.165, 1.54) is 25.3 Å². The van der Waals surface area contributed by atoms with Crippen LogP contribution in [0.3, 0.4) is 0 Å². The minimum absolute atomic E-state index is 0.00785. The van der Waals surface area contributed by atoms with Gasteiger partial charge in [0.2, 0.25) is 0 Å². The first-order valence-corrected chi connectivity index (χ1v) is 7.37. The Kier molecular flexibility index (Phi) is 5.61. The van der Waals surface area contributed by atoms with Crippen LogP contribution in [-0.4, -0.2) is 31.1 Å². The molecule has 2 rings (SSSR count). The summed E-state index contributed by atoms with van der Waals surface area (Å²) in [4.78, 5) is 2.42. The van der Waals surface area contributed by atoms with Gasteiger partial charge in [0.05, 0.1) is 17.7 Å². The average molecular weight is 286 g/mol. The van der Waals surface area contributed by atoms with Gasteiger partial charge in [-0.3, -0.25) is 4.90 Å². The van der Waals surface area contributed by atoms with E-state index in [0.29, 0.717) is 0 Å². The van der Waals surface area contributed by atoms with E-state index < -0.39 is 0 Å². The van der Waals surface area contributed by atoms with Crippen LogP contribution in [0.5, 0.6) is 0 Å². The Morgan fingerprint density at radius 2 is 2.26 bits per heavy atom. The molecule has 0 aliphatic carbocycles. The molecule has 1 aromatic rings. The second-order valence-corrected chi connectivity index (χ2v) is 5.45. The van der Waals surface area contributed by atoms with E-state index >= 15 is 0 Å². The van der Waals surface area contributed by atoms with Crippen LogP contribution in [-0.2, 0) is 4.74 Å². The van der Waals surface area contributed by atoms with Crippen LogP contribution in [0.1, 0.15) is 37.9 Å². The molecule has 19 heavy (non-hydrogen) atoms. The topological polar surface area (TPSA) is 12.5 Å². The second-order valence-electron chi connectivity index (χ2n) is 5.04. The first-order chi connectivity index (χ1) is 9.20. The maximum atomic E-state index is 13.2. The van der Waals surface area contributed by atoms with Crippen molar-refractivity contribution in [3.63, 3.8) is 0 Å². The fourth-order valence-electron chi connectivity index (χ4n) is 2.41. The molecule has 1 unspecified atom stereocenters. The van der Waals surface area contributed by atoms with Crippen molar-refractivity contribution in [2.24, 2.45) is 0 Å². The highest BCUT2D eigenvalue weighted by molar-refractivity contribution is 6.30. The van der Waals surface area contributed by atoms with Crippen LogP contribution in [0, 0.1) is 5.82 Å². The Bertz CT molecular complexity index is 413. The van der Waals surface area contributed by atoms with Crippen molar-refractivity contribution in [3.05, 3.63) is 34.6 Å². The van der Waals surface area contributed by atoms with E-state index in [4.69, 9.17) is 16.3 Å². The van der Waals surface area contributed by atoms with Crippen LogP contribution in [0.2, 0.25) is 5.02 Å². The standard InChI is InChI=1S/C15H21ClFNO/c1-2-3-4-7-18-8-9-19-15(11-18)12-5-6-14(17)13(16)10-12/h5-6,10,15H,2-4,7-9,11H2,1H3. The third kappa shape index (κ3) is 4.16. The molecule has 4 heteroatoms. The molecule has 0 aromatic heterocycles. The summed E-state index contributed by atoms with van der Waals surface area (Å²) in [5.41, 5.74) is 0.964. The smallest absolute Gasteiger partial charge is 0.141 e. The second kappa shape index (κ2) is 7.22. The Labute approximate surface area is 119 Å². The van der Waals surface area contributed by atoms with E-state index in [9.17, 15) is 4.39 Å². The molecular formula is C15H21ClFNO. The Balaban J connectivity index is 1.94. The van der Waals surface area contributed by atoms with Crippen molar-refractivity contribution in [2.75, 3.05) is 26.2 Å². The van der Waals surface area contributed by atoms with Gasteiger partial charge in [-0.15, -0.1) is 0 Å². The minimum atomic E-state index is -0.374. The molecule has 0 N–H and O–H groups in total. The van der Waals surface area contributed by atoms with E-state index in [-0.39, 0.29) is 16.9 Å². The van der Waals surface area contributed by atoms with Crippen molar-refractivity contribution in [1.82, 2.24) is 4.90 Å². The molecule has 1 fully saturated rings. The lowest BCUT2D eigenvalue weighted by Gasteiger charge is -2.33. The third-order valence-electron chi connectivity index (χ3n) is 3.54. The third-order valence-corrected chi connectivity index (χ3v) is 3.83. The molecule has 0 saturated carbocycles. The van der Waals surface area contributed by atoms with Gasteiger partial charge in [0, 0.05) is 13.1 Å². The highest BCUT2D eigenvalue weighted by Gasteiger charge is 2.22. The summed E-state index contributed by atoms with van der Waals surface area (Å²) in [7, 11) is 0. The van der Waals surface area contributed by atoms with Gasteiger partial charge < -0.3 is 4.74 Å². The van der Waals surface area contributed by atoms with Gasteiger partial charge >= 0.3 is 0 Å². The molecule has 1 aliphatic heterocycles. The lowest BCUT2D eigenvalue weighted by molar-refractivity contribution is -0.0303. The SMILES string of the molecule is CCCCCN1CCOC(c2ccc(F)c(Cl)c2)C1.